The van der Waals surface area contributed by atoms with Crippen LogP contribution in [0.4, 0.5) is 0 Å². The summed E-state index contributed by atoms with van der Waals surface area (Å²) < 4.78 is 0. The Hall–Kier alpha value is -1.88. The van der Waals surface area contributed by atoms with Crippen molar-refractivity contribution in [2.24, 2.45) is 5.41 Å². The first kappa shape index (κ1) is 18.5. The molecule has 132 valence electrons. The zero-order valence-electron chi connectivity index (χ0n) is 14.8. The number of carbonyl (C=O) groups excluding carboxylic acids is 2. The predicted octanol–water partition coefficient (Wildman–Crippen LogP) is 2.50. The minimum atomic E-state index is -0.761. The van der Waals surface area contributed by atoms with Gasteiger partial charge < -0.3 is 15.7 Å². The van der Waals surface area contributed by atoms with Crippen LogP contribution in [-0.2, 0) is 0 Å². The normalized spacial score (nSPS) is 16.7. The molecule has 1 aromatic carbocycles. The second-order valence-electron chi connectivity index (χ2n) is 7.93. The summed E-state index contributed by atoms with van der Waals surface area (Å²) in [6, 6.07) is 6.58. The van der Waals surface area contributed by atoms with Gasteiger partial charge in [0.2, 0.25) is 0 Å². The van der Waals surface area contributed by atoms with Crippen molar-refractivity contribution in [3.05, 3.63) is 35.4 Å². The number of nitrogens with one attached hydrogen (secondary N) is 2. The van der Waals surface area contributed by atoms with Crippen molar-refractivity contribution < 1.29 is 14.7 Å². The highest BCUT2D eigenvalue weighted by Gasteiger charge is 2.31. The van der Waals surface area contributed by atoms with Crippen LogP contribution in [-0.4, -0.2) is 35.6 Å². The Morgan fingerprint density at radius 2 is 1.46 bits per heavy atom. The third kappa shape index (κ3) is 5.34. The molecule has 2 rings (SSSR count). The average Bonchev–Trinajstić information content (AvgIpc) is 2.97. The van der Waals surface area contributed by atoms with Gasteiger partial charge in [-0.3, -0.25) is 9.59 Å². The zero-order valence-corrected chi connectivity index (χ0v) is 14.8. The van der Waals surface area contributed by atoms with Crippen molar-refractivity contribution in [2.45, 2.75) is 52.1 Å². The first-order valence-electron chi connectivity index (χ1n) is 8.57. The first-order chi connectivity index (χ1) is 11.2. The van der Waals surface area contributed by atoms with E-state index in [1.165, 1.54) is 0 Å². The van der Waals surface area contributed by atoms with Crippen LogP contribution in [0.2, 0.25) is 0 Å². The lowest BCUT2D eigenvalue weighted by atomic mass is 9.97. The van der Waals surface area contributed by atoms with Crippen molar-refractivity contribution >= 4 is 11.8 Å². The second kappa shape index (κ2) is 7.34. The number of hydrogen-bond acceptors (Lipinski definition) is 3. The Morgan fingerprint density at radius 1 is 1.00 bits per heavy atom. The lowest BCUT2D eigenvalue weighted by Crippen LogP contribution is -2.40. The second-order valence-corrected chi connectivity index (χ2v) is 7.93. The van der Waals surface area contributed by atoms with Crippen molar-refractivity contribution in [3.63, 3.8) is 0 Å². The third-order valence-corrected chi connectivity index (χ3v) is 4.30. The van der Waals surface area contributed by atoms with Gasteiger partial charge in [0, 0.05) is 24.2 Å². The van der Waals surface area contributed by atoms with E-state index in [4.69, 9.17) is 0 Å². The molecule has 5 heteroatoms. The van der Waals surface area contributed by atoms with Gasteiger partial charge in [0.25, 0.3) is 11.8 Å². The van der Waals surface area contributed by atoms with Gasteiger partial charge in [-0.25, -0.2) is 0 Å². The van der Waals surface area contributed by atoms with Crippen LogP contribution >= 0.6 is 0 Å². The van der Waals surface area contributed by atoms with Gasteiger partial charge in [-0.2, -0.15) is 0 Å². The van der Waals surface area contributed by atoms with Crippen LogP contribution < -0.4 is 10.6 Å². The maximum atomic E-state index is 12.2. The maximum absolute atomic E-state index is 12.2. The van der Waals surface area contributed by atoms with Crippen molar-refractivity contribution in [1.82, 2.24) is 10.6 Å². The molecule has 0 aliphatic heterocycles. The summed E-state index contributed by atoms with van der Waals surface area (Å²) in [5.41, 5.74) is 0.285. The van der Waals surface area contributed by atoms with Crippen molar-refractivity contribution in [2.75, 3.05) is 13.1 Å². The Kier molecular flexibility index (Phi) is 5.65. The molecule has 0 unspecified atom stereocenters. The molecular formula is C19H28N2O3. The van der Waals surface area contributed by atoms with E-state index < -0.39 is 5.60 Å². The molecule has 0 aromatic heterocycles. The van der Waals surface area contributed by atoms with E-state index in [0.717, 1.165) is 25.7 Å². The summed E-state index contributed by atoms with van der Waals surface area (Å²) in [6.07, 6.45) is 3.48. The van der Waals surface area contributed by atoms with Crippen molar-refractivity contribution in [3.8, 4) is 0 Å². The minimum absolute atomic E-state index is 0.0238. The Labute approximate surface area is 143 Å². The van der Waals surface area contributed by atoms with E-state index in [1.54, 1.807) is 24.3 Å². The molecule has 5 nitrogen and oxygen atoms in total. The molecule has 0 radical (unpaired) electrons. The van der Waals surface area contributed by atoms with E-state index in [0.29, 0.717) is 17.7 Å². The topological polar surface area (TPSA) is 78.4 Å². The number of hydrogen-bond donors (Lipinski definition) is 3. The molecular weight excluding hydrogens is 304 g/mol. The molecule has 1 aromatic rings. The molecule has 24 heavy (non-hydrogen) atoms. The number of carbonyl (C=O) groups is 2. The quantitative estimate of drug-likeness (QED) is 0.775. The first-order valence-corrected chi connectivity index (χ1v) is 8.57. The monoisotopic (exact) mass is 332 g/mol. The lowest BCUT2D eigenvalue weighted by molar-refractivity contribution is 0.0449. The maximum Gasteiger partial charge on any atom is 0.251 e. The molecule has 0 spiro atoms. The summed E-state index contributed by atoms with van der Waals surface area (Å²) in [7, 11) is 0. The van der Waals surface area contributed by atoms with Gasteiger partial charge in [-0.15, -0.1) is 0 Å². The van der Waals surface area contributed by atoms with Crippen LogP contribution in [0.25, 0.3) is 0 Å². The molecule has 3 N–H and O–H groups in total. The van der Waals surface area contributed by atoms with Crippen molar-refractivity contribution in [1.29, 1.82) is 0 Å². The molecule has 0 heterocycles. The van der Waals surface area contributed by atoms with Crippen LogP contribution in [0, 0.1) is 5.41 Å². The highest BCUT2D eigenvalue weighted by molar-refractivity contribution is 5.97. The number of benzene rings is 1. The van der Waals surface area contributed by atoms with E-state index in [-0.39, 0.29) is 23.8 Å². The molecule has 0 bridgehead atoms. The lowest BCUT2D eigenvalue weighted by Gasteiger charge is -2.22. The predicted molar refractivity (Wildman–Crippen MR) is 94.0 cm³/mol. The largest absolute Gasteiger partial charge is 0.388 e. The highest BCUT2D eigenvalue weighted by Crippen LogP contribution is 2.28. The number of aliphatic hydroxyl groups is 1. The Balaban J connectivity index is 1.88. The molecule has 2 amide bonds. The van der Waals surface area contributed by atoms with Crippen LogP contribution in [0.5, 0.6) is 0 Å². The van der Waals surface area contributed by atoms with E-state index >= 15 is 0 Å². The van der Waals surface area contributed by atoms with Gasteiger partial charge in [-0.1, -0.05) is 33.6 Å². The van der Waals surface area contributed by atoms with Crippen LogP contribution in [0.1, 0.15) is 67.2 Å². The smallest absolute Gasteiger partial charge is 0.251 e. The van der Waals surface area contributed by atoms with Gasteiger partial charge >= 0.3 is 0 Å². The standard InChI is InChI=1S/C19H28N2O3/c1-18(2,3)12-20-16(22)14-6-8-15(9-7-14)17(23)21-13-19(24)10-4-5-11-19/h6-9,24H,4-5,10-13H2,1-3H3,(H,20,22)(H,21,23). The highest BCUT2D eigenvalue weighted by atomic mass is 16.3. The number of amides is 2. The molecule has 1 saturated carbocycles. The van der Waals surface area contributed by atoms with E-state index in [9.17, 15) is 14.7 Å². The summed E-state index contributed by atoms with van der Waals surface area (Å²) in [5.74, 6) is -0.367. The summed E-state index contributed by atoms with van der Waals surface area (Å²) >= 11 is 0. The molecule has 0 saturated heterocycles. The summed E-state index contributed by atoms with van der Waals surface area (Å²) in [4.78, 5) is 24.2. The van der Waals surface area contributed by atoms with Crippen LogP contribution in [0.3, 0.4) is 0 Å². The molecule has 1 aliphatic carbocycles. The Bertz CT molecular complexity index is 582. The van der Waals surface area contributed by atoms with Gasteiger partial charge in [0.1, 0.15) is 0 Å². The van der Waals surface area contributed by atoms with E-state index in [2.05, 4.69) is 31.4 Å². The minimum Gasteiger partial charge on any atom is -0.388 e. The fourth-order valence-corrected chi connectivity index (χ4v) is 2.78. The fourth-order valence-electron chi connectivity index (χ4n) is 2.78. The zero-order chi connectivity index (χ0) is 17.8. The fraction of sp³-hybridized carbons (Fsp3) is 0.579. The SMILES string of the molecule is CC(C)(C)CNC(=O)c1ccc(C(=O)NCC2(O)CCCC2)cc1. The number of rotatable bonds is 5. The summed E-state index contributed by atoms with van der Waals surface area (Å²) in [5, 5.41) is 15.9. The average molecular weight is 332 g/mol. The van der Waals surface area contributed by atoms with Crippen LogP contribution in [0.15, 0.2) is 24.3 Å². The Morgan fingerprint density at radius 3 is 1.92 bits per heavy atom. The van der Waals surface area contributed by atoms with Gasteiger partial charge in [0.05, 0.1) is 5.60 Å². The molecule has 1 fully saturated rings. The van der Waals surface area contributed by atoms with Gasteiger partial charge in [-0.05, 0) is 42.5 Å². The molecule has 0 atom stereocenters. The van der Waals surface area contributed by atoms with E-state index in [1.807, 2.05) is 0 Å². The van der Waals surface area contributed by atoms with Gasteiger partial charge in [0.15, 0.2) is 0 Å². The summed E-state index contributed by atoms with van der Waals surface area (Å²) in [6.45, 7) is 7.03. The molecule has 1 aliphatic rings. The third-order valence-electron chi connectivity index (χ3n) is 4.30.